The summed E-state index contributed by atoms with van der Waals surface area (Å²) in [4.78, 5) is 4.31. The number of thiophene rings is 1. The number of rotatable bonds is 1. The van der Waals surface area contributed by atoms with Crippen molar-refractivity contribution in [2.24, 2.45) is 0 Å². The first-order chi connectivity index (χ1) is 6.95. The molecule has 3 aromatic rings. The predicted molar refractivity (Wildman–Crippen MR) is 62.9 cm³/mol. The van der Waals surface area contributed by atoms with E-state index in [0.29, 0.717) is 0 Å². The highest BCUT2D eigenvalue weighted by atomic mass is 32.1. The van der Waals surface area contributed by atoms with Crippen LogP contribution in [0.3, 0.4) is 0 Å². The molecule has 14 heavy (non-hydrogen) atoms. The van der Waals surface area contributed by atoms with Gasteiger partial charge in [0.2, 0.25) is 0 Å². The smallest absolute Gasteiger partial charge is 0.0818 e. The van der Waals surface area contributed by atoms with Gasteiger partial charge in [-0.3, -0.25) is 0 Å². The number of nitrogens with zero attached hydrogens (tertiary/aromatic N) is 1. The van der Waals surface area contributed by atoms with Gasteiger partial charge in [0.15, 0.2) is 0 Å². The van der Waals surface area contributed by atoms with E-state index < -0.39 is 0 Å². The van der Waals surface area contributed by atoms with E-state index in [4.69, 9.17) is 0 Å². The molecule has 0 aliphatic carbocycles. The van der Waals surface area contributed by atoms with Crippen molar-refractivity contribution in [2.75, 3.05) is 0 Å². The van der Waals surface area contributed by atoms with Crippen LogP contribution in [-0.4, -0.2) is 4.98 Å². The maximum atomic E-state index is 4.31. The van der Waals surface area contributed by atoms with Crippen LogP contribution in [-0.2, 0) is 0 Å². The number of aromatic nitrogens is 1. The van der Waals surface area contributed by atoms with Gasteiger partial charge in [-0.2, -0.15) is 11.3 Å². The minimum Gasteiger partial charge on any atom is -0.245 e. The minimum atomic E-state index is 1.10. The molecule has 68 valence electrons. The van der Waals surface area contributed by atoms with Crippen LogP contribution in [0.4, 0.5) is 0 Å². The van der Waals surface area contributed by atoms with Crippen molar-refractivity contribution >= 4 is 32.9 Å². The van der Waals surface area contributed by atoms with Gasteiger partial charge in [-0.15, -0.1) is 11.3 Å². The second kappa shape index (κ2) is 3.19. The molecule has 1 nitrogen and oxygen atoms in total. The van der Waals surface area contributed by atoms with Crippen LogP contribution in [0.5, 0.6) is 0 Å². The molecule has 0 saturated heterocycles. The lowest BCUT2D eigenvalue weighted by Crippen LogP contribution is -1.73. The molecule has 2 aromatic heterocycles. The first-order valence-corrected chi connectivity index (χ1v) is 6.12. The molecule has 3 rings (SSSR count). The summed E-state index contributed by atoms with van der Waals surface area (Å²) in [5.41, 5.74) is 5.59. The molecule has 0 amide bonds. The van der Waals surface area contributed by atoms with Gasteiger partial charge in [-0.05, 0) is 28.5 Å². The lowest BCUT2D eigenvalue weighted by molar-refractivity contribution is 1.50. The zero-order valence-corrected chi connectivity index (χ0v) is 8.94. The Morgan fingerprint density at radius 3 is 3.00 bits per heavy atom. The van der Waals surface area contributed by atoms with E-state index in [2.05, 4.69) is 40.0 Å². The Hall–Kier alpha value is -1.19. The Morgan fingerprint density at radius 2 is 2.14 bits per heavy atom. The van der Waals surface area contributed by atoms with Gasteiger partial charge in [0, 0.05) is 5.56 Å². The molecular weight excluding hydrogens is 210 g/mol. The largest absolute Gasteiger partial charge is 0.245 e. The molecule has 0 fully saturated rings. The molecule has 1 aromatic carbocycles. The summed E-state index contributed by atoms with van der Waals surface area (Å²) in [6.07, 6.45) is 0. The number of benzene rings is 1. The first kappa shape index (κ1) is 8.15. The Labute approximate surface area is 89.7 Å². The van der Waals surface area contributed by atoms with Gasteiger partial charge < -0.3 is 0 Å². The second-order valence-electron chi connectivity index (χ2n) is 3.02. The first-order valence-electron chi connectivity index (χ1n) is 4.30. The lowest BCUT2D eigenvalue weighted by Gasteiger charge is -1.97. The highest BCUT2D eigenvalue weighted by molar-refractivity contribution is 7.17. The summed E-state index contributed by atoms with van der Waals surface area (Å²) < 4.78 is 1.28. The summed E-state index contributed by atoms with van der Waals surface area (Å²) in [6, 6.07) is 8.43. The average Bonchev–Trinajstić information content (AvgIpc) is 2.88. The van der Waals surface area contributed by atoms with Gasteiger partial charge in [0.05, 0.1) is 15.7 Å². The maximum absolute atomic E-state index is 4.31. The third kappa shape index (κ3) is 1.17. The van der Waals surface area contributed by atoms with Gasteiger partial charge in [-0.25, -0.2) is 4.98 Å². The van der Waals surface area contributed by atoms with E-state index in [1.54, 1.807) is 22.7 Å². The normalized spacial score (nSPS) is 10.9. The third-order valence-corrected chi connectivity index (χ3v) is 3.75. The lowest BCUT2D eigenvalue weighted by atomic mass is 10.1. The fourth-order valence-electron chi connectivity index (χ4n) is 1.53. The van der Waals surface area contributed by atoms with Crippen molar-refractivity contribution in [1.82, 2.24) is 4.98 Å². The van der Waals surface area contributed by atoms with E-state index in [1.807, 2.05) is 5.51 Å². The minimum absolute atomic E-state index is 1.10. The molecular formula is C11H7NS2. The highest BCUT2D eigenvalue weighted by Crippen LogP contribution is 2.31. The fourth-order valence-corrected chi connectivity index (χ4v) is 3.01. The van der Waals surface area contributed by atoms with Crippen molar-refractivity contribution in [3.8, 4) is 11.1 Å². The van der Waals surface area contributed by atoms with Gasteiger partial charge in [0.25, 0.3) is 0 Å². The predicted octanol–water partition coefficient (Wildman–Crippen LogP) is 4.02. The molecule has 0 aliphatic rings. The Kier molecular flexibility index (Phi) is 1.85. The van der Waals surface area contributed by atoms with Crippen LogP contribution in [0.15, 0.2) is 40.5 Å². The van der Waals surface area contributed by atoms with Crippen LogP contribution in [0, 0.1) is 0 Å². The summed E-state index contributed by atoms with van der Waals surface area (Å²) >= 11 is 3.44. The molecule has 0 spiro atoms. The van der Waals surface area contributed by atoms with Crippen molar-refractivity contribution in [1.29, 1.82) is 0 Å². The zero-order chi connectivity index (χ0) is 9.38. The third-order valence-electron chi connectivity index (χ3n) is 2.19. The van der Waals surface area contributed by atoms with E-state index >= 15 is 0 Å². The van der Waals surface area contributed by atoms with Gasteiger partial charge in [0.1, 0.15) is 0 Å². The van der Waals surface area contributed by atoms with Gasteiger partial charge >= 0.3 is 0 Å². The average molecular weight is 217 g/mol. The Balaban J connectivity index is 2.36. The number of thiazole rings is 1. The fraction of sp³-hybridized carbons (Fsp3) is 0. The highest BCUT2D eigenvalue weighted by Gasteiger charge is 2.05. The Morgan fingerprint density at radius 1 is 1.14 bits per heavy atom. The molecule has 0 radical (unpaired) electrons. The van der Waals surface area contributed by atoms with Crippen LogP contribution in [0.1, 0.15) is 0 Å². The monoisotopic (exact) mass is 217 g/mol. The van der Waals surface area contributed by atoms with Gasteiger partial charge in [-0.1, -0.05) is 12.1 Å². The molecule has 0 bridgehead atoms. The second-order valence-corrected chi connectivity index (χ2v) is 4.65. The zero-order valence-electron chi connectivity index (χ0n) is 7.31. The van der Waals surface area contributed by atoms with Crippen molar-refractivity contribution in [2.45, 2.75) is 0 Å². The van der Waals surface area contributed by atoms with E-state index in [9.17, 15) is 0 Å². The summed E-state index contributed by atoms with van der Waals surface area (Å²) in [5.74, 6) is 0. The maximum Gasteiger partial charge on any atom is 0.0818 e. The SMILES string of the molecule is c1cc(-c2ccsc2)c2scnc2c1. The molecule has 0 atom stereocenters. The molecule has 0 aliphatic heterocycles. The van der Waals surface area contributed by atoms with Crippen LogP contribution in [0.25, 0.3) is 21.3 Å². The molecule has 0 saturated carbocycles. The molecule has 3 heteroatoms. The van der Waals surface area contributed by atoms with Crippen molar-refractivity contribution in [3.05, 3.63) is 40.5 Å². The topological polar surface area (TPSA) is 12.9 Å². The van der Waals surface area contributed by atoms with Crippen molar-refractivity contribution in [3.63, 3.8) is 0 Å². The van der Waals surface area contributed by atoms with Crippen LogP contribution in [0.2, 0.25) is 0 Å². The standard InChI is InChI=1S/C11H7NS2/c1-2-9(8-4-5-13-6-8)11-10(3-1)12-7-14-11/h1-7H. The molecule has 0 N–H and O–H groups in total. The molecule has 2 heterocycles. The van der Waals surface area contributed by atoms with E-state index in [1.165, 1.54) is 15.8 Å². The van der Waals surface area contributed by atoms with E-state index in [0.717, 1.165) is 5.52 Å². The number of hydrogen-bond donors (Lipinski definition) is 0. The summed E-state index contributed by atoms with van der Waals surface area (Å²) in [5, 5.41) is 4.28. The summed E-state index contributed by atoms with van der Waals surface area (Å²) in [6.45, 7) is 0. The van der Waals surface area contributed by atoms with Crippen LogP contribution < -0.4 is 0 Å². The molecule has 0 unspecified atom stereocenters. The number of fused-ring (bicyclic) bond motifs is 1. The number of hydrogen-bond acceptors (Lipinski definition) is 3. The quantitative estimate of drug-likeness (QED) is 0.600. The van der Waals surface area contributed by atoms with E-state index in [-0.39, 0.29) is 0 Å². The summed E-state index contributed by atoms with van der Waals surface area (Å²) in [7, 11) is 0. The Bertz CT molecular complexity index is 551. The van der Waals surface area contributed by atoms with Crippen LogP contribution >= 0.6 is 22.7 Å². The van der Waals surface area contributed by atoms with Crippen molar-refractivity contribution < 1.29 is 0 Å².